The number of halogens is 1. The Labute approximate surface area is 101 Å². The van der Waals surface area contributed by atoms with E-state index in [2.05, 4.69) is 15.2 Å². The summed E-state index contributed by atoms with van der Waals surface area (Å²) in [7, 11) is 0. The van der Waals surface area contributed by atoms with Crippen molar-refractivity contribution in [1.82, 2.24) is 14.8 Å². The van der Waals surface area contributed by atoms with Crippen molar-refractivity contribution in [2.45, 2.75) is 0 Å². The van der Waals surface area contributed by atoms with E-state index in [0.29, 0.717) is 16.8 Å². The van der Waals surface area contributed by atoms with Crippen molar-refractivity contribution >= 4 is 16.8 Å². The lowest BCUT2D eigenvalue weighted by Crippen LogP contribution is -2.00. The van der Waals surface area contributed by atoms with Crippen molar-refractivity contribution in [3.63, 3.8) is 0 Å². The van der Waals surface area contributed by atoms with Gasteiger partial charge in [0.05, 0.1) is 11.3 Å². The van der Waals surface area contributed by atoms with E-state index in [1.165, 1.54) is 23.4 Å². The van der Waals surface area contributed by atoms with Crippen molar-refractivity contribution in [2.24, 2.45) is 5.16 Å². The van der Waals surface area contributed by atoms with Gasteiger partial charge in [-0.1, -0.05) is 16.8 Å². The maximum Gasteiger partial charge on any atom is 0.175 e. The van der Waals surface area contributed by atoms with Gasteiger partial charge < -0.3 is 5.21 Å². The van der Waals surface area contributed by atoms with Crippen LogP contribution in [-0.2, 0) is 0 Å². The molecule has 0 atom stereocenters. The van der Waals surface area contributed by atoms with Crippen LogP contribution in [0.15, 0.2) is 36.0 Å². The molecule has 0 bridgehead atoms. The molecule has 17 heavy (non-hydrogen) atoms. The number of benzene rings is 1. The van der Waals surface area contributed by atoms with Gasteiger partial charge in [-0.3, -0.25) is 0 Å². The maximum absolute atomic E-state index is 9.04. The highest BCUT2D eigenvalue weighted by atomic mass is 35.5. The second-order valence-electron chi connectivity index (χ2n) is 3.07. The molecule has 0 aliphatic rings. The predicted octanol–water partition coefficient (Wildman–Crippen LogP) is 1.51. The van der Waals surface area contributed by atoms with Crippen LogP contribution in [0.2, 0.25) is 0 Å². The molecule has 0 saturated heterocycles. The average Bonchev–Trinajstić information content (AvgIpc) is 2.90. The lowest BCUT2D eigenvalue weighted by atomic mass is 10.1. The number of aromatic nitrogens is 3. The topological polar surface area (TPSA) is 87.1 Å². The van der Waals surface area contributed by atoms with E-state index in [1.807, 2.05) is 6.07 Å². The Morgan fingerprint density at radius 2 is 2.35 bits per heavy atom. The smallest absolute Gasteiger partial charge is 0.175 e. The Kier molecular flexibility index (Phi) is 3.03. The molecule has 1 N–H and O–H groups in total. The monoisotopic (exact) mass is 247 g/mol. The maximum atomic E-state index is 9.04. The van der Waals surface area contributed by atoms with E-state index in [1.54, 1.807) is 12.1 Å². The third kappa shape index (κ3) is 2.09. The van der Waals surface area contributed by atoms with Gasteiger partial charge in [0, 0.05) is 5.56 Å². The third-order valence-corrected chi connectivity index (χ3v) is 2.40. The first-order valence-electron chi connectivity index (χ1n) is 4.53. The van der Waals surface area contributed by atoms with Crippen LogP contribution in [0.1, 0.15) is 11.1 Å². The average molecular weight is 248 g/mol. The second kappa shape index (κ2) is 4.63. The summed E-state index contributed by atoms with van der Waals surface area (Å²) in [5.74, 6) is 0. The van der Waals surface area contributed by atoms with Gasteiger partial charge in [0.1, 0.15) is 18.7 Å². The van der Waals surface area contributed by atoms with Gasteiger partial charge in [-0.05, 0) is 18.2 Å². The molecule has 2 aromatic rings. The minimum atomic E-state index is -0.0772. The van der Waals surface area contributed by atoms with Crippen LogP contribution in [0.4, 0.5) is 0 Å². The predicted molar refractivity (Wildman–Crippen MR) is 60.3 cm³/mol. The lowest BCUT2D eigenvalue weighted by molar-refractivity contribution is 0.321. The van der Waals surface area contributed by atoms with Crippen LogP contribution in [0.3, 0.4) is 0 Å². The summed E-state index contributed by atoms with van der Waals surface area (Å²) in [5, 5.41) is 24.3. The van der Waals surface area contributed by atoms with E-state index >= 15 is 0 Å². The number of rotatable bonds is 2. The van der Waals surface area contributed by atoms with Crippen molar-refractivity contribution in [3.05, 3.63) is 42.0 Å². The molecule has 2 rings (SSSR count). The van der Waals surface area contributed by atoms with Crippen LogP contribution in [0, 0.1) is 11.3 Å². The SMILES string of the molecule is N#Cc1cc(C(Cl)=NO)ccc1-n1cncn1. The van der Waals surface area contributed by atoms with E-state index in [4.69, 9.17) is 22.1 Å². The van der Waals surface area contributed by atoms with Gasteiger partial charge in [-0.25, -0.2) is 9.67 Å². The largest absolute Gasteiger partial charge is 0.410 e. The summed E-state index contributed by atoms with van der Waals surface area (Å²) in [6.07, 6.45) is 2.86. The molecule has 6 nitrogen and oxygen atoms in total. The fourth-order valence-corrected chi connectivity index (χ4v) is 1.46. The molecule has 0 unspecified atom stereocenters. The summed E-state index contributed by atoms with van der Waals surface area (Å²) < 4.78 is 1.46. The van der Waals surface area contributed by atoms with Gasteiger partial charge in [0.2, 0.25) is 0 Å². The van der Waals surface area contributed by atoms with Crippen molar-refractivity contribution in [1.29, 1.82) is 5.26 Å². The summed E-state index contributed by atoms with van der Waals surface area (Å²) in [6, 6.07) is 6.81. The highest BCUT2D eigenvalue weighted by Crippen LogP contribution is 2.16. The minimum absolute atomic E-state index is 0.0772. The number of nitrogens with zero attached hydrogens (tertiary/aromatic N) is 5. The zero-order valence-corrected chi connectivity index (χ0v) is 9.20. The Morgan fingerprint density at radius 3 is 2.94 bits per heavy atom. The van der Waals surface area contributed by atoms with Crippen molar-refractivity contribution in [2.75, 3.05) is 0 Å². The molecule has 84 valence electrons. The number of nitriles is 1. The molecule has 1 aromatic carbocycles. The van der Waals surface area contributed by atoms with Crippen LogP contribution in [-0.4, -0.2) is 25.1 Å². The molecule has 1 aromatic heterocycles. The summed E-state index contributed by atoms with van der Waals surface area (Å²) in [5.41, 5.74) is 1.39. The Morgan fingerprint density at radius 1 is 1.53 bits per heavy atom. The van der Waals surface area contributed by atoms with Crippen LogP contribution in [0.5, 0.6) is 0 Å². The zero-order chi connectivity index (χ0) is 12.3. The number of hydrogen-bond donors (Lipinski definition) is 1. The van der Waals surface area contributed by atoms with Crippen LogP contribution < -0.4 is 0 Å². The molecule has 0 saturated carbocycles. The molecule has 7 heteroatoms. The molecule has 0 spiro atoms. The highest BCUT2D eigenvalue weighted by molar-refractivity contribution is 6.69. The summed E-state index contributed by atoms with van der Waals surface area (Å²) in [4.78, 5) is 3.80. The van der Waals surface area contributed by atoms with E-state index in [0.717, 1.165) is 0 Å². The first-order valence-corrected chi connectivity index (χ1v) is 4.91. The Bertz CT molecular complexity index is 600. The first kappa shape index (κ1) is 11.1. The second-order valence-corrected chi connectivity index (χ2v) is 3.43. The van der Waals surface area contributed by atoms with Gasteiger partial charge >= 0.3 is 0 Å². The van der Waals surface area contributed by atoms with Gasteiger partial charge in [0.15, 0.2) is 5.17 Å². The summed E-state index contributed by atoms with van der Waals surface area (Å²) >= 11 is 5.65. The molecule has 0 fully saturated rings. The highest BCUT2D eigenvalue weighted by Gasteiger charge is 2.08. The quantitative estimate of drug-likeness (QED) is 0.495. The fraction of sp³-hybridized carbons (Fsp3) is 0. The van der Waals surface area contributed by atoms with Gasteiger partial charge in [-0.15, -0.1) is 0 Å². The number of oxime groups is 1. The van der Waals surface area contributed by atoms with Crippen LogP contribution in [0.25, 0.3) is 5.69 Å². The first-order chi connectivity index (χ1) is 8.26. The zero-order valence-electron chi connectivity index (χ0n) is 8.45. The molecular formula is C10H6ClN5O. The molecular weight excluding hydrogens is 242 g/mol. The fourth-order valence-electron chi connectivity index (χ4n) is 1.34. The molecule has 0 amide bonds. The standard InChI is InChI=1S/C10H6ClN5O/c11-10(15-17)7-1-2-9(8(3-7)4-12)16-6-13-5-14-16/h1-3,5-6,17H. The van der Waals surface area contributed by atoms with Crippen molar-refractivity contribution < 1.29 is 5.21 Å². The van der Waals surface area contributed by atoms with Gasteiger partial charge in [0.25, 0.3) is 0 Å². The van der Waals surface area contributed by atoms with E-state index < -0.39 is 0 Å². The number of hydrogen-bond acceptors (Lipinski definition) is 5. The van der Waals surface area contributed by atoms with E-state index in [9.17, 15) is 0 Å². The lowest BCUT2D eigenvalue weighted by Gasteiger charge is -2.04. The van der Waals surface area contributed by atoms with E-state index in [-0.39, 0.29) is 5.17 Å². The molecule has 0 aliphatic heterocycles. The molecule has 0 radical (unpaired) electrons. The Balaban J connectivity index is 2.55. The normalized spacial score (nSPS) is 11.2. The van der Waals surface area contributed by atoms with Crippen molar-refractivity contribution in [3.8, 4) is 11.8 Å². The third-order valence-electron chi connectivity index (χ3n) is 2.11. The molecule has 0 aliphatic carbocycles. The summed E-state index contributed by atoms with van der Waals surface area (Å²) in [6.45, 7) is 0. The Hall–Kier alpha value is -2.39. The van der Waals surface area contributed by atoms with Crippen LogP contribution >= 0.6 is 11.6 Å². The molecule has 1 heterocycles. The van der Waals surface area contributed by atoms with Gasteiger partial charge in [-0.2, -0.15) is 10.4 Å². The minimum Gasteiger partial charge on any atom is -0.410 e.